The smallest absolute Gasteiger partial charge is 0.142 e. The third kappa shape index (κ3) is 2.65. The number of likely N-dealkylation sites (N-methyl/N-ethyl adjacent to an activating group) is 1. The number of methoxy groups -OCH3 is 1. The maximum atomic E-state index is 9.15. The van der Waals surface area contributed by atoms with Crippen molar-refractivity contribution in [2.24, 2.45) is 0 Å². The molecule has 0 heterocycles. The Bertz CT molecular complexity index is 337. The van der Waals surface area contributed by atoms with E-state index in [1.165, 1.54) is 0 Å². The summed E-state index contributed by atoms with van der Waals surface area (Å²) in [7, 11) is 3.43. The molecule has 0 spiro atoms. The lowest BCUT2D eigenvalue weighted by atomic mass is 10.1. The van der Waals surface area contributed by atoms with E-state index in [2.05, 4.69) is 0 Å². The van der Waals surface area contributed by atoms with Crippen molar-refractivity contribution in [3.05, 3.63) is 23.8 Å². The molecule has 0 saturated carbocycles. The van der Waals surface area contributed by atoms with E-state index in [0.717, 1.165) is 17.0 Å². The zero-order valence-electron chi connectivity index (χ0n) is 9.97. The molecule has 0 unspecified atom stereocenters. The number of rotatable bonds is 5. The van der Waals surface area contributed by atoms with Crippen molar-refractivity contribution in [2.75, 3.05) is 32.3 Å². The van der Waals surface area contributed by atoms with Crippen molar-refractivity contribution in [2.45, 2.75) is 13.0 Å². The average Bonchev–Trinajstić information content (AvgIpc) is 2.30. The molecule has 0 aliphatic rings. The van der Waals surface area contributed by atoms with Gasteiger partial charge in [-0.25, -0.2) is 0 Å². The van der Waals surface area contributed by atoms with Gasteiger partial charge in [0, 0.05) is 7.05 Å². The molecular weight excluding hydrogens is 206 g/mol. The van der Waals surface area contributed by atoms with E-state index in [1.807, 2.05) is 37.1 Å². The van der Waals surface area contributed by atoms with Crippen LogP contribution in [0.25, 0.3) is 0 Å². The molecule has 0 aromatic heterocycles. The summed E-state index contributed by atoms with van der Waals surface area (Å²) in [6.45, 7) is 1.80. The van der Waals surface area contributed by atoms with Crippen molar-refractivity contribution in [1.82, 2.24) is 0 Å². The molecule has 4 heteroatoms. The molecule has 0 fully saturated rings. The van der Waals surface area contributed by atoms with Crippen molar-refractivity contribution >= 4 is 5.69 Å². The zero-order valence-corrected chi connectivity index (χ0v) is 9.97. The summed E-state index contributed by atoms with van der Waals surface area (Å²) in [6.07, 6.45) is 0. The van der Waals surface area contributed by atoms with Crippen LogP contribution in [0.4, 0.5) is 5.69 Å². The molecule has 16 heavy (non-hydrogen) atoms. The van der Waals surface area contributed by atoms with Crippen molar-refractivity contribution in [1.29, 1.82) is 0 Å². The molecule has 0 aliphatic heterocycles. The second-order valence-corrected chi connectivity index (χ2v) is 3.81. The predicted molar refractivity (Wildman–Crippen MR) is 64.1 cm³/mol. The summed E-state index contributed by atoms with van der Waals surface area (Å²) in [4.78, 5) is 1.83. The lowest BCUT2D eigenvalue weighted by Gasteiger charge is -2.28. The molecule has 0 aliphatic carbocycles. The number of aryl methyl sites for hydroxylation is 1. The van der Waals surface area contributed by atoms with E-state index < -0.39 is 0 Å². The van der Waals surface area contributed by atoms with Gasteiger partial charge in [0.1, 0.15) is 5.75 Å². The van der Waals surface area contributed by atoms with Crippen molar-refractivity contribution < 1.29 is 14.9 Å². The average molecular weight is 225 g/mol. The van der Waals surface area contributed by atoms with Gasteiger partial charge >= 0.3 is 0 Å². The highest BCUT2D eigenvalue weighted by molar-refractivity contribution is 5.60. The quantitative estimate of drug-likeness (QED) is 0.778. The number of ether oxygens (including phenoxy) is 1. The van der Waals surface area contributed by atoms with Crippen LogP contribution in [0.2, 0.25) is 0 Å². The van der Waals surface area contributed by atoms with E-state index in [1.54, 1.807) is 7.11 Å². The highest BCUT2D eigenvalue weighted by Gasteiger charge is 2.16. The zero-order chi connectivity index (χ0) is 12.1. The third-order valence-electron chi connectivity index (χ3n) is 2.68. The van der Waals surface area contributed by atoms with Gasteiger partial charge in [-0.3, -0.25) is 0 Å². The van der Waals surface area contributed by atoms with Crippen LogP contribution in [-0.4, -0.2) is 43.6 Å². The lowest BCUT2D eigenvalue weighted by molar-refractivity contribution is 0.190. The number of aliphatic hydroxyl groups is 2. The number of benzene rings is 1. The minimum absolute atomic E-state index is 0.0932. The normalized spacial score (nSPS) is 10.6. The summed E-state index contributed by atoms with van der Waals surface area (Å²) < 4.78 is 5.26. The Hall–Kier alpha value is -1.26. The Kier molecular flexibility index (Phi) is 4.58. The van der Waals surface area contributed by atoms with E-state index in [0.29, 0.717) is 0 Å². The number of hydrogen-bond acceptors (Lipinski definition) is 4. The number of hydrogen-bond donors (Lipinski definition) is 2. The van der Waals surface area contributed by atoms with Gasteiger partial charge in [-0.05, 0) is 24.6 Å². The Morgan fingerprint density at radius 3 is 2.44 bits per heavy atom. The number of nitrogens with zero attached hydrogens (tertiary/aromatic N) is 1. The first-order chi connectivity index (χ1) is 7.63. The van der Waals surface area contributed by atoms with Crippen LogP contribution in [0.3, 0.4) is 0 Å². The van der Waals surface area contributed by atoms with E-state index >= 15 is 0 Å². The van der Waals surface area contributed by atoms with Gasteiger partial charge in [-0.2, -0.15) is 0 Å². The molecule has 90 valence electrons. The van der Waals surface area contributed by atoms with Crippen LogP contribution in [0.5, 0.6) is 5.75 Å². The maximum absolute atomic E-state index is 9.15. The first kappa shape index (κ1) is 12.8. The molecule has 1 aromatic carbocycles. The largest absolute Gasteiger partial charge is 0.495 e. The highest BCUT2D eigenvalue weighted by Crippen LogP contribution is 2.29. The highest BCUT2D eigenvalue weighted by atomic mass is 16.5. The molecule has 4 nitrogen and oxygen atoms in total. The van der Waals surface area contributed by atoms with Gasteiger partial charge in [-0.1, -0.05) is 6.07 Å². The van der Waals surface area contributed by atoms with Crippen LogP contribution in [0.15, 0.2) is 18.2 Å². The van der Waals surface area contributed by atoms with Gasteiger partial charge in [0.15, 0.2) is 0 Å². The predicted octanol–water partition coefficient (Wildman–Crippen LogP) is 0.793. The fourth-order valence-electron chi connectivity index (χ4n) is 1.58. The maximum Gasteiger partial charge on any atom is 0.142 e. The second kappa shape index (κ2) is 5.72. The summed E-state index contributed by atoms with van der Waals surface area (Å²) in [5.41, 5.74) is 1.98. The molecule has 0 radical (unpaired) electrons. The number of anilines is 1. The Labute approximate surface area is 96.1 Å². The Balaban J connectivity index is 3.04. The van der Waals surface area contributed by atoms with Gasteiger partial charge in [-0.15, -0.1) is 0 Å². The molecule has 0 amide bonds. The van der Waals surface area contributed by atoms with Crippen molar-refractivity contribution in [3.63, 3.8) is 0 Å². The monoisotopic (exact) mass is 225 g/mol. The van der Waals surface area contributed by atoms with Crippen LogP contribution < -0.4 is 9.64 Å². The second-order valence-electron chi connectivity index (χ2n) is 3.81. The fraction of sp³-hybridized carbons (Fsp3) is 0.500. The van der Waals surface area contributed by atoms with Gasteiger partial charge in [0.05, 0.1) is 32.1 Å². The first-order valence-electron chi connectivity index (χ1n) is 5.23. The van der Waals surface area contributed by atoms with Crippen LogP contribution >= 0.6 is 0 Å². The van der Waals surface area contributed by atoms with E-state index in [9.17, 15) is 0 Å². The third-order valence-corrected chi connectivity index (χ3v) is 2.68. The summed E-state index contributed by atoms with van der Waals surface area (Å²) >= 11 is 0. The molecule has 0 bridgehead atoms. The van der Waals surface area contributed by atoms with Gasteiger partial charge in [0.2, 0.25) is 0 Å². The lowest BCUT2D eigenvalue weighted by Crippen LogP contribution is -2.37. The van der Waals surface area contributed by atoms with Gasteiger partial charge < -0.3 is 19.8 Å². The molecular formula is C12H19NO3. The molecule has 0 atom stereocenters. The van der Waals surface area contributed by atoms with Crippen molar-refractivity contribution in [3.8, 4) is 5.75 Å². The molecule has 0 saturated heterocycles. The van der Waals surface area contributed by atoms with Crippen LogP contribution in [-0.2, 0) is 0 Å². The van der Waals surface area contributed by atoms with E-state index in [-0.39, 0.29) is 19.3 Å². The summed E-state index contributed by atoms with van der Waals surface area (Å²) in [5, 5.41) is 18.3. The van der Waals surface area contributed by atoms with E-state index in [4.69, 9.17) is 14.9 Å². The molecule has 1 rings (SSSR count). The standard InChI is InChI=1S/C12H19NO3/c1-9-4-5-12(16-3)11(6-9)13(2)10(7-14)8-15/h4-6,10,14-15H,7-8H2,1-3H3. The van der Waals surface area contributed by atoms with Crippen LogP contribution in [0.1, 0.15) is 5.56 Å². The molecule has 2 N–H and O–H groups in total. The summed E-state index contributed by atoms with van der Waals surface area (Å²) in [5.74, 6) is 0.736. The minimum atomic E-state index is -0.310. The van der Waals surface area contributed by atoms with Gasteiger partial charge in [0.25, 0.3) is 0 Å². The Morgan fingerprint density at radius 1 is 1.31 bits per heavy atom. The number of aliphatic hydroxyl groups excluding tert-OH is 2. The molecule has 1 aromatic rings. The SMILES string of the molecule is COc1ccc(C)cc1N(C)C(CO)CO. The minimum Gasteiger partial charge on any atom is -0.495 e. The topological polar surface area (TPSA) is 52.9 Å². The Morgan fingerprint density at radius 2 is 1.94 bits per heavy atom. The van der Waals surface area contributed by atoms with Crippen LogP contribution in [0, 0.1) is 6.92 Å². The fourth-order valence-corrected chi connectivity index (χ4v) is 1.58. The summed E-state index contributed by atoms with van der Waals surface area (Å²) in [6, 6.07) is 5.50. The first-order valence-corrected chi connectivity index (χ1v) is 5.23.